The average Bonchev–Trinajstić information content (AvgIpc) is 2.17. The molecule has 4 heteroatoms. The summed E-state index contributed by atoms with van der Waals surface area (Å²) in [5.41, 5.74) is 5.71. The highest BCUT2D eigenvalue weighted by atomic mass is 19.3. The molecule has 0 amide bonds. The standard InChI is InChI=1S/C11H22F2N2/c1-15(2)8-7-10(9-14)3-5-11(12,13)6-4-10/h3-9,14H2,1-2H3. The molecule has 2 N–H and O–H groups in total. The first-order chi connectivity index (χ1) is 6.89. The molecule has 0 aromatic rings. The van der Waals surface area contributed by atoms with Gasteiger partial charge in [0.05, 0.1) is 0 Å². The fourth-order valence-electron chi connectivity index (χ4n) is 2.16. The smallest absolute Gasteiger partial charge is 0.248 e. The number of hydrogen-bond acceptors (Lipinski definition) is 2. The van der Waals surface area contributed by atoms with Crippen LogP contribution < -0.4 is 5.73 Å². The van der Waals surface area contributed by atoms with Crippen molar-refractivity contribution >= 4 is 0 Å². The summed E-state index contributed by atoms with van der Waals surface area (Å²) in [6, 6.07) is 0. The molecule has 0 radical (unpaired) electrons. The summed E-state index contributed by atoms with van der Waals surface area (Å²) in [6.07, 6.45) is 2.11. The Hall–Kier alpha value is -0.220. The van der Waals surface area contributed by atoms with Crippen molar-refractivity contribution < 1.29 is 8.78 Å². The van der Waals surface area contributed by atoms with Crippen LogP contribution in [-0.4, -0.2) is 38.0 Å². The predicted octanol–water partition coefficient (Wildman–Crippen LogP) is 2.09. The summed E-state index contributed by atoms with van der Waals surface area (Å²) >= 11 is 0. The molecule has 0 bridgehead atoms. The Kier molecular flexibility index (Phi) is 4.06. The molecule has 0 saturated heterocycles. The third-order valence-electron chi connectivity index (χ3n) is 3.56. The summed E-state index contributed by atoms with van der Waals surface area (Å²) in [5, 5.41) is 0. The number of nitrogens with two attached hydrogens (primary N) is 1. The van der Waals surface area contributed by atoms with Crippen LogP contribution in [0, 0.1) is 5.41 Å². The molecule has 1 aliphatic carbocycles. The van der Waals surface area contributed by atoms with E-state index in [0.717, 1.165) is 13.0 Å². The van der Waals surface area contributed by atoms with Crippen LogP contribution >= 0.6 is 0 Å². The fourth-order valence-corrected chi connectivity index (χ4v) is 2.16. The Bertz CT molecular complexity index is 189. The normalized spacial score (nSPS) is 24.4. The van der Waals surface area contributed by atoms with Gasteiger partial charge in [0.15, 0.2) is 0 Å². The first kappa shape index (κ1) is 12.8. The molecular weight excluding hydrogens is 198 g/mol. The minimum Gasteiger partial charge on any atom is -0.330 e. The average molecular weight is 220 g/mol. The van der Waals surface area contributed by atoms with Crippen LogP contribution in [-0.2, 0) is 0 Å². The molecule has 0 aliphatic heterocycles. The second-order valence-electron chi connectivity index (χ2n) is 5.11. The molecule has 1 aliphatic rings. The van der Waals surface area contributed by atoms with E-state index in [1.807, 2.05) is 14.1 Å². The van der Waals surface area contributed by atoms with Crippen LogP contribution in [0.25, 0.3) is 0 Å². The second-order valence-corrected chi connectivity index (χ2v) is 5.11. The topological polar surface area (TPSA) is 29.3 Å². The van der Waals surface area contributed by atoms with Gasteiger partial charge >= 0.3 is 0 Å². The Morgan fingerprint density at radius 2 is 1.67 bits per heavy atom. The van der Waals surface area contributed by atoms with Crippen molar-refractivity contribution in [3.05, 3.63) is 0 Å². The molecular formula is C11H22F2N2. The quantitative estimate of drug-likeness (QED) is 0.786. The molecule has 0 aromatic carbocycles. The van der Waals surface area contributed by atoms with Crippen LogP contribution in [0.5, 0.6) is 0 Å². The van der Waals surface area contributed by atoms with Gasteiger partial charge in [-0.2, -0.15) is 0 Å². The molecule has 0 heterocycles. The molecule has 0 unspecified atom stereocenters. The van der Waals surface area contributed by atoms with Gasteiger partial charge in [-0.3, -0.25) is 0 Å². The molecule has 1 rings (SSSR count). The molecule has 2 nitrogen and oxygen atoms in total. The molecule has 15 heavy (non-hydrogen) atoms. The van der Waals surface area contributed by atoms with Gasteiger partial charge in [-0.05, 0) is 51.9 Å². The SMILES string of the molecule is CN(C)CCC1(CN)CCC(F)(F)CC1. The molecule has 0 spiro atoms. The van der Waals surface area contributed by atoms with E-state index in [2.05, 4.69) is 4.90 Å². The zero-order valence-electron chi connectivity index (χ0n) is 9.73. The van der Waals surface area contributed by atoms with Crippen LogP contribution in [0.1, 0.15) is 32.1 Å². The Balaban J connectivity index is 2.49. The van der Waals surface area contributed by atoms with E-state index in [4.69, 9.17) is 5.73 Å². The van der Waals surface area contributed by atoms with Gasteiger partial charge in [0.1, 0.15) is 0 Å². The van der Waals surface area contributed by atoms with E-state index < -0.39 is 5.92 Å². The largest absolute Gasteiger partial charge is 0.330 e. The highest BCUT2D eigenvalue weighted by Crippen LogP contribution is 2.44. The lowest BCUT2D eigenvalue weighted by atomic mass is 9.70. The third-order valence-corrected chi connectivity index (χ3v) is 3.56. The number of halogens is 2. The molecule has 1 saturated carbocycles. The number of alkyl halides is 2. The van der Waals surface area contributed by atoms with Crippen molar-refractivity contribution in [2.75, 3.05) is 27.2 Å². The number of nitrogens with zero attached hydrogens (tertiary/aromatic N) is 1. The monoisotopic (exact) mass is 220 g/mol. The first-order valence-corrected chi connectivity index (χ1v) is 5.62. The number of hydrogen-bond donors (Lipinski definition) is 1. The first-order valence-electron chi connectivity index (χ1n) is 5.62. The molecule has 90 valence electrons. The minimum atomic E-state index is -2.45. The second kappa shape index (κ2) is 4.74. The van der Waals surface area contributed by atoms with E-state index in [9.17, 15) is 8.78 Å². The van der Waals surface area contributed by atoms with Gasteiger partial charge in [-0.25, -0.2) is 8.78 Å². The van der Waals surface area contributed by atoms with Crippen LogP contribution in [0.2, 0.25) is 0 Å². The molecule has 0 aromatic heterocycles. The fraction of sp³-hybridized carbons (Fsp3) is 1.00. The summed E-state index contributed by atoms with van der Waals surface area (Å²) in [5.74, 6) is -2.45. The maximum Gasteiger partial charge on any atom is 0.248 e. The predicted molar refractivity (Wildman–Crippen MR) is 58.1 cm³/mol. The van der Waals surface area contributed by atoms with Gasteiger partial charge in [-0.1, -0.05) is 0 Å². The lowest BCUT2D eigenvalue weighted by Crippen LogP contribution is -2.40. The van der Waals surface area contributed by atoms with Gasteiger partial charge in [-0.15, -0.1) is 0 Å². The van der Waals surface area contributed by atoms with Gasteiger partial charge < -0.3 is 10.6 Å². The molecule has 0 atom stereocenters. The third kappa shape index (κ3) is 3.68. The zero-order valence-corrected chi connectivity index (χ0v) is 9.73. The van der Waals surface area contributed by atoms with Gasteiger partial charge in [0, 0.05) is 12.8 Å². The summed E-state index contributed by atoms with van der Waals surface area (Å²) in [7, 11) is 4.00. The Labute approximate surface area is 90.8 Å². The molecule has 1 fully saturated rings. The number of rotatable bonds is 4. The van der Waals surface area contributed by atoms with Gasteiger partial charge in [0.2, 0.25) is 5.92 Å². The van der Waals surface area contributed by atoms with E-state index in [-0.39, 0.29) is 18.3 Å². The van der Waals surface area contributed by atoms with Crippen molar-refractivity contribution in [3.8, 4) is 0 Å². The van der Waals surface area contributed by atoms with Crippen LogP contribution in [0.4, 0.5) is 8.78 Å². The van der Waals surface area contributed by atoms with Crippen molar-refractivity contribution in [2.24, 2.45) is 11.1 Å². The van der Waals surface area contributed by atoms with Crippen LogP contribution in [0.15, 0.2) is 0 Å². The van der Waals surface area contributed by atoms with Crippen LogP contribution in [0.3, 0.4) is 0 Å². The highest BCUT2D eigenvalue weighted by molar-refractivity contribution is 4.89. The van der Waals surface area contributed by atoms with Crippen molar-refractivity contribution in [1.29, 1.82) is 0 Å². The van der Waals surface area contributed by atoms with E-state index in [1.165, 1.54) is 0 Å². The maximum absolute atomic E-state index is 13.0. The zero-order chi connectivity index (χ0) is 11.5. The summed E-state index contributed by atoms with van der Waals surface area (Å²) in [4.78, 5) is 2.09. The van der Waals surface area contributed by atoms with Crippen molar-refractivity contribution in [2.45, 2.75) is 38.0 Å². The van der Waals surface area contributed by atoms with Crippen molar-refractivity contribution in [3.63, 3.8) is 0 Å². The van der Waals surface area contributed by atoms with E-state index in [0.29, 0.717) is 19.4 Å². The van der Waals surface area contributed by atoms with Gasteiger partial charge in [0.25, 0.3) is 0 Å². The highest BCUT2D eigenvalue weighted by Gasteiger charge is 2.42. The van der Waals surface area contributed by atoms with Crippen molar-refractivity contribution in [1.82, 2.24) is 4.90 Å². The Morgan fingerprint density at radius 3 is 2.07 bits per heavy atom. The lowest BCUT2D eigenvalue weighted by molar-refractivity contribution is -0.0677. The summed E-state index contributed by atoms with van der Waals surface area (Å²) in [6.45, 7) is 1.47. The minimum absolute atomic E-state index is 0.0115. The Morgan fingerprint density at radius 1 is 1.13 bits per heavy atom. The maximum atomic E-state index is 13.0. The lowest BCUT2D eigenvalue weighted by Gasteiger charge is -2.40. The van der Waals surface area contributed by atoms with E-state index >= 15 is 0 Å². The summed E-state index contributed by atoms with van der Waals surface area (Å²) < 4.78 is 26.1. The van der Waals surface area contributed by atoms with E-state index in [1.54, 1.807) is 0 Å².